The molecule has 1 aliphatic rings. The molecule has 0 saturated heterocycles. The molecule has 0 aliphatic heterocycles. The molecular weight excluding hydrogens is 234 g/mol. The van der Waals surface area contributed by atoms with E-state index in [1.165, 1.54) is 11.1 Å². The Morgan fingerprint density at radius 3 is 2.74 bits per heavy atom. The lowest BCUT2D eigenvalue weighted by atomic mass is 9.80. The van der Waals surface area contributed by atoms with E-state index in [0.717, 1.165) is 31.2 Å². The number of aromatic nitrogens is 1. The normalized spacial score (nSPS) is 18.1. The Morgan fingerprint density at radius 2 is 1.89 bits per heavy atom. The number of ketones is 1. The molecule has 2 aromatic rings. The third kappa shape index (κ3) is 2.58. The predicted octanol–water partition coefficient (Wildman–Crippen LogP) is 3.46. The van der Waals surface area contributed by atoms with Crippen LogP contribution in [-0.2, 0) is 12.8 Å². The van der Waals surface area contributed by atoms with Crippen LogP contribution >= 0.6 is 0 Å². The Labute approximate surface area is 113 Å². The molecule has 0 saturated carbocycles. The molecule has 1 heterocycles. The van der Waals surface area contributed by atoms with Crippen molar-refractivity contribution in [2.45, 2.75) is 25.7 Å². The van der Waals surface area contributed by atoms with Gasteiger partial charge in [-0.1, -0.05) is 24.3 Å². The van der Waals surface area contributed by atoms with Crippen molar-refractivity contribution in [3.05, 3.63) is 65.5 Å². The Balaban J connectivity index is 1.69. The molecule has 1 atom stereocenters. The average Bonchev–Trinajstić information content (AvgIpc) is 2.48. The van der Waals surface area contributed by atoms with Gasteiger partial charge in [0, 0.05) is 23.9 Å². The summed E-state index contributed by atoms with van der Waals surface area (Å²) >= 11 is 0. The number of aryl methyl sites for hydroxylation is 2. The minimum atomic E-state index is 0.183. The number of nitrogens with zero attached hydrogens (tertiary/aromatic N) is 1. The number of Topliss-reactive ketones (excluding diaryl/α,β-unsaturated/α-hetero) is 1. The molecule has 0 spiro atoms. The van der Waals surface area contributed by atoms with E-state index in [1.54, 1.807) is 0 Å². The van der Waals surface area contributed by atoms with Crippen LogP contribution in [0.2, 0.25) is 0 Å². The second-order valence-electron chi connectivity index (χ2n) is 5.15. The summed E-state index contributed by atoms with van der Waals surface area (Å²) in [5.74, 6) is 0.513. The van der Waals surface area contributed by atoms with E-state index in [9.17, 15) is 4.79 Å². The minimum Gasteiger partial charge on any atom is -0.294 e. The zero-order valence-corrected chi connectivity index (χ0v) is 10.9. The standard InChI is InChI=1S/C17H17NO/c19-17-15(6-5-13-9-11-18-12-10-13)8-7-14-3-1-2-4-16(14)17/h1-4,9-12,15H,5-8H2/t15-/m0/s1. The molecule has 0 amide bonds. The van der Waals surface area contributed by atoms with Crippen LogP contribution in [0.3, 0.4) is 0 Å². The molecule has 0 bridgehead atoms. The van der Waals surface area contributed by atoms with Crippen molar-refractivity contribution >= 4 is 5.78 Å². The number of carbonyl (C=O) groups excluding carboxylic acids is 1. The smallest absolute Gasteiger partial charge is 0.166 e. The highest BCUT2D eigenvalue weighted by molar-refractivity contribution is 6.00. The van der Waals surface area contributed by atoms with Gasteiger partial charge in [0.05, 0.1) is 0 Å². The van der Waals surface area contributed by atoms with Crippen molar-refractivity contribution in [3.63, 3.8) is 0 Å². The van der Waals surface area contributed by atoms with Gasteiger partial charge in [-0.3, -0.25) is 9.78 Å². The summed E-state index contributed by atoms with van der Waals surface area (Å²) in [6.45, 7) is 0. The molecule has 19 heavy (non-hydrogen) atoms. The highest BCUT2D eigenvalue weighted by Gasteiger charge is 2.26. The Kier molecular flexibility index (Phi) is 3.41. The molecule has 96 valence electrons. The first-order valence-corrected chi connectivity index (χ1v) is 6.85. The molecule has 2 heteroatoms. The van der Waals surface area contributed by atoms with Crippen LogP contribution in [0.1, 0.15) is 34.3 Å². The summed E-state index contributed by atoms with van der Waals surface area (Å²) in [7, 11) is 0. The summed E-state index contributed by atoms with van der Waals surface area (Å²) < 4.78 is 0. The van der Waals surface area contributed by atoms with E-state index in [1.807, 2.05) is 42.7 Å². The molecule has 2 nitrogen and oxygen atoms in total. The van der Waals surface area contributed by atoms with E-state index in [4.69, 9.17) is 0 Å². The molecule has 1 aliphatic carbocycles. The van der Waals surface area contributed by atoms with Crippen LogP contribution < -0.4 is 0 Å². The molecule has 0 unspecified atom stereocenters. The number of pyridine rings is 1. The summed E-state index contributed by atoms with van der Waals surface area (Å²) in [4.78, 5) is 16.4. The second-order valence-corrected chi connectivity index (χ2v) is 5.15. The molecule has 0 N–H and O–H groups in total. The quantitative estimate of drug-likeness (QED) is 0.836. The molecule has 0 radical (unpaired) electrons. The fourth-order valence-electron chi connectivity index (χ4n) is 2.83. The van der Waals surface area contributed by atoms with Crippen molar-refractivity contribution in [2.75, 3.05) is 0 Å². The van der Waals surface area contributed by atoms with Crippen LogP contribution in [0.4, 0.5) is 0 Å². The lowest BCUT2D eigenvalue weighted by molar-refractivity contribution is 0.0895. The summed E-state index contributed by atoms with van der Waals surface area (Å²) in [6, 6.07) is 12.1. The maximum absolute atomic E-state index is 12.4. The number of benzene rings is 1. The van der Waals surface area contributed by atoms with Gasteiger partial charge in [0.15, 0.2) is 5.78 Å². The van der Waals surface area contributed by atoms with E-state index in [0.29, 0.717) is 5.78 Å². The van der Waals surface area contributed by atoms with Gasteiger partial charge in [0.25, 0.3) is 0 Å². The summed E-state index contributed by atoms with van der Waals surface area (Å²) in [5, 5.41) is 0. The zero-order valence-electron chi connectivity index (χ0n) is 10.9. The third-order valence-electron chi connectivity index (χ3n) is 3.95. The first-order valence-electron chi connectivity index (χ1n) is 6.85. The lowest BCUT2D eigenvalue weighted by Gasteiger charge is -2.23. The Hall–Kier alpha value is -1.96. The molecule has 1 aromatic heterocycles. The monoisotopic (exact) mass is 251 g/mol. The maximum atomic E-state index is 12.4. The van der Waals surface area contributed by atoms with Crippen LogP contribution in [0.25, 0.3) is 0 Å². The molecule has 3 rings (SSSR count). The second kappa shape index (κ2) is 5.35. The SMILES string of the molecule is O=C1c2ccccc2CC[C@@H]1CCc1ccncc1. The van der Waals surface area contributed by atoms with Crippen LogP contribution in [-0.4, -0.2) is 10.8 Å². The van der Waals surface area contributed by atoms with Crippen molar-refractivity contribution in [3.8, 4) is 0 Å². The van der Waals surface area contributed by atoms with Gasteiger partial charge in [0.1, 0.15) is 0 Å². The van der Waals surface area contributed by atoms with E-state index >= 15 is 0 Å². The molecule has 1 aromatic carbocycles. The van der Waals surface area contributed by atoms with E-state index in [-0.39, 0.29) is 5.92 Å². The molecular formula is C17H17NO. The lowest BCUT2D eigenvalue weighted by Crippen LogP contribution is -2.23. The summed E-state index contributed by atoms with van der Waals surface area (Å²) in [5.41, 5.74) is 3.42. The average molecular weight is 251 g/mol. The van der Waals surface area contributed by atoms with Crippen molar-refractivity contribution < 1.29 is 4.79 Å². The first kappa shape index (κ1) is 12.1. The predicted molar refractivity (Wildman–Crippen MR) is 75.1 cm³/mol. The zero-order chi connectivity index (χ0) is 13.1. The number of hydrogen-bond acceptors (Lipinski definition) is 2. The fraction of sp³-hybridized carbons (Fsp3) is 0.294. The van der Waals surface area contributed by atoms with Crippen LogP contribution in [0.15, 0.2) is 48.8 Å². The first-order chi connectivity index (χ1) is 9.34. The number of carbonyl (C=O) groups is 1. The fourth-order valence-corrected chi connectivity index (χ4v) is 2.83. The highest BCUT2D eigenvalue weighted by atomic mass is 16.1. The Morgan fingerprint density at radius 1 is 1.11 bits per heavy atom. The highest BCUT2D eigenvalue weighted by Crippen LogP contribution is 2.28. The van der Waals surface area contributed by atoms with E-state index in [2.05, 4.69) is 11.1 Å². The van der Waals surface area contributed by atoms with Gasteiger partial charge in [-0.2, -0.15) is 0 Å². The largest absolute Gasteiger partial charge is 0.294 e. The van der Waals surface area contributed by atoms with Gasteiger partial charge in [-0.05, 0) is 48.9 Å². The minimum absolute atomic E-state index is 0.183. The van der Waals surface area contributed by atoms with Crippen molar-refractivity contribution in [1.82, 2.24) is 4.98 Å². The van der Waals surface area contributed by atoms with Crippen LogP contribution in [0, 0.1) is 5.92 Å². The Bertz CT molecular complexity index is 577. The number of rotatable bonds is 3. The van der Waals surface area contributed by atoms with Gasteiger partial charge in [0.2, 0.25) is 0 Å². The van der Waals surface area contributed by atoms with Crippen LogP contribution in [0.5, 0.6) is 0 Å². The van der Waals surface area contributed by atoms with Gasteiger partial charge < -0.3 is 0 Å². The van der Waals surface area contributed by atoms with Gasteiger partial charge >= 0.3 is 0 Å². The van der Waals surface area contributed by atoms with E-state index < -0.39 is 0 Å². The third-order valence-corrected chi connectivity index (χ3v) is 3.95. The number of fused-ring (bicyclic) bond motifs is 1. The van der Waals surface area contributed by atoms with Crippen molar-refractivity contribution in [1.29, 1.82) is 0 Å². The maximum Gasteiger partial charge on any atom is 0.166 e. The summed E-state index contributed by atoms with van der Waals surface area (Å²) in [6.07, 6.45) is 7.54. The van der Waals surface area contributed by atoms with Gasteiger partial charge in [-0.15, -0.1) is 0 Å². The topological polar surface area (TPSA) is 30.0 Å². The molecule has 0 fully saturated rings. The number of hydrogen-bond donors (Lipinski definition) is 0. The van der Waals surface area contributed by atoms with Gasteiger partial charge in [-0.25, -0.2) is 0 Å². The van der Waals surface area contributed by atoms with Crippen molar-refractivity contribution in [2.24, 2.45) is 5.92 Å².